The van der Waals surface area contributed by atoms with Crippen LogP contribution >= 0.6 is 11.6 Å². The Bertz CT molecular complexity index is 713. The summed E-state index contributed by atoms with van der Waals surface area (Å²) in [5, 5.41) is 3.16. The number of methoxy groups -OCH3 is 1. The molecular weight excluding hydrogens is 318 g/mol. The van der Waals surface area contributed by atoms with Gasteiger partial charge in [-0.15, -0.1) is 0 Å². The highest BCUT2D eigenvalue weighted by Gasteiger charge is 2.09. The molecule has 6 heteroatoms. The molecule has 2 rings (SSSR count). The summed E-state index contributed by atoms with van der Waals surface area (Å²) in [5.41, 5.74) is 1.06. The molecule has 0 atom stereocenters. The smallest absolute Gasteiger partial charge is 0.262 e. The van der Waals surface area contributed by atoms with Crippen molar-refractivity contribution in [2.24, 2.45) is 0 Å². The summed E-state index contributed by atoms with van der Waals surface area (Å²) in [5.74, 6) is 0.639. The van der Waals surface area contributed by atoms with Crippen molar-refractivity contribution in [1.29, 1.82) is 0 Å². The monoisotopic (exact) mass is 333 g/mol. The number of anilines is 1. The van der Waals surface area contributed by atoms with Crippen LogP contribution < -0.4 is 14.8 Å². The molecule has 0 heterocycles. The third-order valence-corrected chi connectivity index (χ3v) is 3.30. The Morgan fingerprint density at radius 1 is 1.13 bits per heavy atom. The fraction of sp³-hybridized carbons (Fsp3) is 0.176. The Kier molecular flexibility index (Phi) is 5.60. The summed E-state index contributed by atoms with van der Waals surface area (Å²) in [6, 6.07) is 11.5. The highest BCUT2D eigenvalue weighted by Crippen LogP contribution is 2.27. The molecular formula is C17H16ClNO4. The van der Waals surface area contributed by atoms with Crippen LogP contribution in [0.2, 0.25) is 5.02 Å². The van der Waals surface area contributed by atoms with Crippen molar-refractivity contribution in [3.05, 3.63) is 53.1 Å². The van der Waals surface area contributed by atoms with E-state index in [1.54, 1.807) is 42.5 Å². The first-order chi connectivity index (χ1) is 11.0. The van der Waals surface area contributed by atoms with Gasteiger partial charge in [0.2, 0.25) is 0 Å². The van der Waals surface area contributed by atoms with Crippen molar-refractivity contribution in [3.8, 4) is 11.5 Å². The summed E-state index contributed by atoms with van der Waals surface area (Å²) >= 11 is 5.90. The maximum atomic E-state index is 12.0. The molecule has 0 radical (unpaired) electrons. The zero-order valence-electron chi connectivity index (χ0n) is 12.8. The summed E-state index contributed by atoms with van der Waals surface area (Å²) in [6.45, 7) is 1.32. The van der Waals surface area contributed by atoms with E-state index in [1.807, 2.05) is 0 Å². The van der Waals surface area contributed by atoms with Crippen LogP contribution in [0.4, 0.5) is 5.69 Å². The van der Waals surface area contributed by atoms with Crippen LogP contribution in [0.25, 0.3) is 0 Å². The van der Waals surface area contributed by atoms with Gasteiger partial charge in [0.15, 0.2) is 12.4 Å². The molecule has 1 amide bonds. The van der Waals surface area contributed by atoms with Crippen LogP contribution in [0.3, 0.4) is 0 Å². The normalized spacial score (nSPS) is 10.0. The summed E-state index contributed by atoms with van der Waals surface area (Å²) in [4.78, 5) is 23.1. The fourth-order valence-electron chi connectivity index (χ4n) is 1.90. The van der Waals surface area contributed by atoms with Gasteiger partial charge in [0.25, 0.3) is 5.91 Å². The third kappa shape index (κ3) is 4.72. The largest absolute Gasteiger partial charge is 0.495 e. The van der Waals surface area contributed by atoms with Crippen LogP contribution in [0.5, 0.6) is 11.5 Å². The van der Waals surface area contributed by atoms with Gasteiger partial charge in [-0.1, -0.05) is 11.6 Å². The molecule has 0 aromatic heterocycles. The average Bonchev–Trinajstić information content (AvgIpc) is 2.53. The highest BCUT2D eigenvalue weighted by atomic mass is 35.5. The van der Waals surface area contributed by atoms with Gasteiger partial charge < -0.3 is 14.8 Å². The number of Topliss-reactive ketones (excluding diaryl/α,β-unsaturated/α-hetero) is 1. The van der Waals surface area contributed by atoms with E-state index < -0.39 is 0 Å². The van der Waals surface area contributed by atoms with Gasteiger partial charge in [-0.05, 0) is 49.4 Å². The zero-order valence-corrected chi connectivity index (χ0v) is 13.5. The lowest BCUT2D eigenvalue weighted by atomic mass is 10.1. The topological polar surface area (TPSA) is 64.6 Å². The fourth-order valence-corrected chi connectivity index (χ4v) is 2.07. The number of carbonyl (C=O) groups excluding carboxylic acids is 2. The average molecular weight is 334 g/mol. The Hall–Kier alpha value is -2.53. The molecule has 2 aromatic rings. The lowest BCUT2D eigenvalue weighted by molar-refractivity contribution is -0.118. The first-order valence-corrected chi connectivity index (χ1v) is 7.24. The van der Waals surface area contributed by atoms with Gasteiger partial charge in [0.1, 0.15) is 11.5 Å². The van der Waals surface area contributed by atoms with Crippen molar-refractivity contribution in [2.45, 2.75) is 6.92 Å². The van der Waals surface area contributed by atoms with Gasteiger partial charge in [0.05, 0.1) is 12.8 Å². The number of ether oxygens (including phenoxy) is 2. The predicted octanol–water partition coefficient (Wildman–Crippen LogP) is 3.57. The molecule has 1 N–H and O–H groups in total. The minimum absolute atomic E-state index is 0.0256. The molecule has 0 saturated carbocycles. The van der Waals surface area contributed by atoms with E-state index in [4.69, 9.17) is 21.1 Å². The number of nitrogens with one attached hydrogen (secondary N) is 1. The Morgan fingerprint density at radius 2 is 1.83 bits per heavy atom. The molecule has 0 fully saturated rings. The standard InChI is InChI=1S/C17H16ClNO4/c1-11(20)12-3-6-14(7-4-12)23-10-17(21)19-15-9-13(18)5-8-16(15)22-2/h3-9H,10H2,1-2H3,(H,19,21). The predicted molar refractivity (Wildman–Crippen MR) is 88.6 cm³/mol. The second-order valence-corrected chi connectivity index (χ2v) is 5.20. The van der Waals surface area contributed by atoms with E-state index in [9.17, 15) is 9.59 Å². The molecule has 0 aliphatic rings. The molecule has 0 bridgehead atoms. The van der Waals surface area contributed by atoms with E-state index in [2.05, 4.69) is 5.32 Å². The molecule has 23 heavy (non-hydrogen) atoms. The number of amides is 1. The minimum atomic E-state index is -0.346. The number of hydrogen-bond acceptors (Lipinski definition) is 4. The highest BCUT2D eigenvalue weighted by molar-refractivity contribution is 6.31. The first kappa shape index (κ1) is 16.8. The van der Waals surface area contributed by atoms with Crippen LogP contribution in [0.1, 0.15) is 17.3 Å². The molecule has 0 aliphatic carbocycles. The van der Waals surface area contributed by atoms with Gasteiger partial charge >= 0.3 is 0 Å². The van der Waals surface area contributed by atoms with E-state index in [0.717, 1.165) is 0 Å². The van der Waals surface area contributed by atoms with Crippen LogP contribution in [0.15, 0.2) is 42.5 Å². The molecule has 0 saturated heterocycles. The Balaban J connectivity index is 1.95. The van der Waals surface area contributed by atoms with Gasteiger partial charge in [-0.2, -0.15) is 0 Å². The maximum Gasteiger partial charge on any atom is 0.262 e. The SMILES string of the molecule is COc1ccc(Cl)cc1NC(=O)COc1ccc(C(C)=O)cc1. The van der Waals surface area contributed by atoms with Crippen LogP contribution in [-0.2, 0) is 4.79 Å². The van der Waals surface area contributed by atoms with Crippen molar-refractivity contribution in [2.75, 3.05) is 19.0 Å². The zero-order chi connectivity index (χ0) is 16.8. The maximum absolute atomic E-state index is 12.0. The minimum Gasteiger partial charge on any atom is -0.495 e. The number of ketones is 1. The second-order valence-electron chi connectivity index (χ2n) is 4.76. The van der Waals surface area contributed by atoms with Crippen molar-refractivity contribution < 1.29 is 19.1 Å². The van der Waals surface area contributed by atoms with Crippen molar-refractivity contribution in [1.82, 2.24) is 0 Å². The molecule has 0 unspecified atom stereocenters. The van der Waals surface area contributed by atoms with E-state index in [0.29, 0.717) is 27.8 Å². The number of hydrogen-bond donors (Lipinski definition) is 1. The molecule has 0 spiro atoms. The summed E-state index contributed by atoms with van der Waals surface area (Å²) < 4.78 is 10.5. The Labute approximate surface area is 139 Å². The molecule has 2 aromatic carbocycles. The molecule has 0 aliphatic heterocycles. The summed E-state index contributed by atoms with van der Waals surface area (Å²) in [6.07, 6.45) is 0. The lowest BCUT2D eigenvalue weighted by Crippen LogP contribution is -2.20. The Morgan fingerprint density at radius 3 is 2.43 bits per heavy atom. The van der Waals surface area contributed by atoms with E-state index >= 15 is 0 Å². The number of rotatable bonds is 6. The quantitative estimate of drug-likeness (QED) is 0.821. The van der Waals surface area contributed by atoms with E-state index in [1.165, 1.54) is 14.0 Å². The number of halogens is 1. The molecule has 120 valence electrons. The van der Waals surface area contributed by atoms with Crippen LogP contribution in [-0.4, -0.2) is 25.4 Å². The molecule has 5 nitrogen and oxygen atoms in total. The number of carbonyl (C=O) groups is 2. The van der Waals surface area contributed by atoms with Crippen molar-refractivity contribution >= 4 is 29.0 Å². The lowest BCUT2D eigenvalue weighted by Gasteiger charge is -2.11. The van der Waals surface area contributed by atoms with Gasteiger partial charge in [0, 0.05) is 10.6 Å². The van der Waals surface area contributed by atoms with Gasteiger partial charge in [-0.25, -0.2) is 0 Å². The van der Waals surface area contributed by atoms with Gasteiger partial charge in [-0.3, -0.25) is 9.59 Å². The second kappa shape index (κ2) is 7.65. The number of benzene rings is 2. The third-order valence-electron chi connectivity index (χ3n) is 3.07. The van der Waals surface area contributed by atoms with Crippen LogP contribution in [0, 0.1) is 0 Å². The summed E-state index contributed by atoms with van der Waals surface area (Å²) in [7, 11) is 1.51. The first-order valence-electron chi connectivity index (χ1n) is 6.87. The van der Waals surface area contributed by atoms with E-state index in [-0.39, 0.29) is 18.3 Å². The van der Waals surface area contributed by atoms with Crippen molar-refractivity contribution in [3.63, 3.8) is 0 Å².